The Morgan fingerprint density at radius 3 is 2.89 bits per heavy atom. The number of aryl methyl sites for hydroxylation is 1. The Morgan fingerprint density at radius 2 is 2.14 bits per heavy atom. The number of carboxylic acid groups (broad SMARTS) is 1. The Morgan fingerprint density at radius 1 is 1.29 bits per heavy atom. The summed E-state index contributed by atoms with van der Waals surface area (Å²) in [4.78, 5) is 20.0. The maximum atomic E-state index is 11.4. The lowest BCUT2D eigenvalue weighted by Crippen LogP contribution is -2.08. The van der Waals surface area contributed by atoms with Crippen molar-refractivity contribution in [3.8, 4) is 11.4 Å². The van der Waals surface area contributed by atoms with Gasteiger partial charge in [0.15, 0.2) is 11.6 Å². The number of anilines is 1. The van der Waals surface area contributed by atoms with Gasteiger partial charge in [-0.1, -0.05) is 0 Å². The van der Waals surface area contributed by atoms with Crippen molar-refractivity contribution in [3.63, 3.8) is 0 Å². The highest BCUT2D eigenvalue weighted by Crippen LogP contribution is 2.27. The average Bonchev–Trinajstić information content (AvgIpc) is 3.20. The van der Waals surface area contributed by atoms with Crippen molar-refractivity contribution in [1.82, 2.24) is 19.7 Å². The van der Waals surface area contributed by atoms with Gasteiger partial charge in [0.05, 0.1) is 16.8 Å². The second-order valence-electron chi connectivity index (χ2n) is 6.28. The first-order chi connectivity index (χ1) is 13.5. The maximum absolute atomic E-state index is 11.4. The average molecular weight is 375 g/mol. The zero-order chi connectivity index (χ0) is 19.7. The van der Waals surface area contributed by atoms with E-state index in [9.17, 15) is 9.90 Å². The molecule has 8 heteroatoms. The predicted octanol–water partition coefficient (Wildman–Crippen LogP) is 2.98. The number of aromatic carboxylic acids is 1. The molecule has 0 bridgehead atoms. The number of carboxylic acids is 1. The van der Waals surface area contributed by atoms with Crippen LogP contribution in [0.2, 0.25) is 0 Å². The molecule has 0 aliphatic carbocycles. The summed E-state index contributed by atoms with van der Waals surface area (Å²) in [5.74, 6) is -0.347. The van der Waals surface area contributed by atoms with Gasteiger partial charge in [-0.25, -0.2) is 14.5 Å². The fraction of sp³-hybridized carbons (Fsp3) is 0.100. The summed E-state index contributed by atoms with van der Waals surface area (Å²) in [5.41, 5.74) is 9.18. The van der Waals surface area contributed by atoms with Crippen molar-refractivity contribution in [3.05, 3.63) is 71.8 Å². The van der Waals surface area contributed by atoms with Gasteiger partial charge in [-0.05, 0) is 43.3 Å². The van der Waals surface area contributed by atoms with Gasteiger partial charge in [-0.3, -0.25) is 4.98 Å². The van der Waals surface area contributed by atoms with Crippen LogP contribution < -0.4 is 10.5 Å². The van der Waals surface area contributed by atoms with Crippen LogP contribution in [0.15, 0.2) is 55.0 Å². The normalized spacial score (nSPS) is 10.9. The third-order valence-electron chi connectivity index (χ3n) is 4.29. The van der Waals surface area contributed by atoms with Gasteiger partial charge in [0.1, 0.15) is 6.61 Å². The second-order valence-corrected chi connectivity index (χ2v) is 6.28. The summed E-state index contributed by atoms with van der Waals surface area (Å²) >= 11 is 0. The van der Waals surface area contributed by atoms with Crippen LogP contribution in [-0.4, -0.2) is 30.8 Å². The Kier molecular flexibility index (Phi) is 4.36. The van der Waals surface area contributed by atoms with Gasteiger partial charge in [-0.15, -0.1) is 0 Å². The lowest BCUT2D eigenvalue weighted by molar-refractivity contribution is 0.0696. The maximum Gasteiger partial charge on any atom is 0.335 e. The zero-order valence-electron chi connectivity index (χ0n) is 15.0. The minimum Gasteiger partial charge on any atom is -0.485 e. The van der Waals surface area contributed by atoms with Crippen molar-refractivity contribution < 1.29 is 14.6 Å². The van der Waals surface area contributed by atoms with Crippen LogP contribution in [0.1, 0.15) is 21.6 Å². The number of nitrogen functional groups attached to an aromatic ring is 1. The van der Waals surface area contributed by atoms with Crippen molar-refractivity contribution in [2.24, 2.45) is 0 Å². The van der Waals surface area contributed by atoms with Crippen molar-refractivity contribution >= 4 is 22.7 Å². The second kappa shape index (κ2) is 6.99. The first-order valence-corrected chi connectivity index (χ1v) is 8.53. The molecule has 1 aromatic carbocycles. The summed E-state index contributed by atoms with van der Waals surface area (Å²) in [6, 6.07) is 10.2. The quantitative estimate of drug-likeness (QED) is 0.551. The molecule has 0 unspecified atom stereocenters. The molecule has 0 atom stereocenters. The van der Waals surface area contributed by atoms with E-state index < -0.39 is 5.97 Å². The van der Waals surface area contributed by atoms with Crippen molar-refractivity contribution in [1.29, 1.82) is 0 Å². The smallest absolute Gasteiger partial charge is 0.335 e. The van der Waals surface area contributed by atoms with Crippen LogP contribution in [-0.2, 0) is 6.61 Å². The lowest BCUT2D eigenvalue weighted by Gasteiger charge is -2.13. The Hall–Kier alpha value is -3.94. The fourth-order valence-electron chi connectivity index (χ4n) is 2.90. The van der Waals surface area contributed by atoms with E-state index in [-0.39, 0.29) is 18.0 Å². The van der Waals surface area contributed by atoms with E-state index in [1.165, 1.54) is 6.07 Å². The van der Waals surface area contributed by atoms with Crippen LogP contribution >= 0.6 is 0 Å². The summed E-state index contributed by atoms with van der Waals surface area (Å²) < 4.78 is 7.54. The first kappa shape index (κ1) is 17.5. The molecule has 8 nitrogen and oxygen atoms in total. The largest absolute Gasteiger partial charge is 0.485 e. The highest BCUT2D eigenvalue weighted by molar-refractivity contribution is 5.88. The molecule has 140 valence electrons. The van der Waals surface area contributed by atoms with Crippen molar-refractivity contribution in [2.75, 3.05) is 5.73 Å². The standard InChI is InChI=1S/C20H17N5O3/c1-12-7-16-14(10-22-12)9-18(19(21)24-16)28-11-15-8-13(20(26)27)3-4-17(15)25-6-2-5-23-25/h2-10H,11H2,1H3,(H2,21,24)(H,26,27). The van der Waals surface area contributed by atoms with Gasteiger partial charge in [0.2, 0.25) is 0 Å². The highest BCUT2D eigenvalue weighted by atomic mass is 16.5. The molecule has 0 aliphatic heterocycles. The summed E-state index contributed by atoms with van der Waals surface area (Å²) in [5, 5.41) is 14.3. The number of hydrogen-bond acceptors (Lipinski definition) is 6. The van der Waals surface area contributed by atoms with Crippen molar-refractivity contribution in [2.45, 2.75) is 13.5 Å². The molecule has 0 amide bonds. The summed E-state index contributed by atoms with van der Waals surface area (Å²) in [6.45, 7) is 1.99. The number of pyridine rings is 2. The molecule has 0 fully saturated rings. The molecular weight excluding hydrogens is 358 g/mol. The van der Waals surface area contributed by atoms with Gasteiger partial charge >= 0.3 is 5.97 Å². The topological polar surface area (TPSA) is 116 Å². The molecule has 0 aliphatic rings. The van der Waals surface area contributed by atoms with E-state index in [1.54, 1.807) is 47.5 Å². The lowest BCUT2D eigenvalue weighted by atomic mass is 10.1. The fourth-order valence-corrected chi connectivity index (χ4v) is 2.90. The molecule has 0 saturated heterocycles. The monoisotopic (exact) mass is 375 g/mol. The summed E-state index contributed by atoms with van der Waals surface area (Å²) in [6.07, 6.45) is 5.14. The summed E-state index contributed by atoms with van der Waals surface area (Å²) in [7, 11) is 0. The van der Waals surface area contributed by atoms with Gasteiger partial charge in [0, 0.05) is 35.2 Å². The molecule has 3 aromatic heterocycles. The van der Waals surface area contributed by atoms with Gasteiger partial charge in [0.25, 0.3) is 0 Å². The molecule has 4 aromatic rings. The molecule has 4 rings (SSSR count). The van der Waals surface area contributed by atoms with Crippen LogP contribution in [0.5, 0.6) is 5.75 Å². The number of nitrogens with two attached hydrogens (primary N) is 1. The van der Waals surface area contributed by atoms with Crippen LogP contribution in [0.3, 0.4) is 0 Å². The number of carbonyl (C=O) groups is 1. The van der Waals surface area contributed by atoms with Gasteiger partial charge in [-0.2, -0.15) is 5.10 Å². The number of aromatic nitrogens is 4. The molecule has 28 heavy (non-hydrogen) atoms. The molecule has 3 N–H and O–H groups in total. The number of hydrogen-bond donors (Lipinski definition) is 2. The van der Waals surface area contributed by atoms with E-state index in [2.05, 4.69) is 15.1 Å². The predicted molar refractivity (Wildman–Crippen MR) is 104 cm³/mol. The number of nitrogens with zero attached hydrogens (tertiary/aromatic N) is 4. The van der Waals surface area contributed by atoms with Crippen LogP contribution in [0.25, 0.3) is 16.6 Å². The van der Waals surface area contributed by atoms with E-state index in [0.29, 0.717) is 11.3 Å². The Bertz CT molecular complexity index is 1170. The Balaban J connectivity index is 1.68. The van der Waals surface area contributed by atoms with Crippen LogP contribution in [0.4, 0.5) is 5.82 Å². The highest BCUT2D eigenvalue weighted by Gasteiger charge is 2.13. The zero-order valence-corrected chi connectivity index (χ0v) is 15.0. The molecule has 0 radical (unpaired) electrons. The van der Waals surface area contributed by atoms with E-state index >= 15 is 0 Å². The van der Waals surface area contributed by atoms with E-state index in [1.807, 2.05) is 13.0 Å². The number of benzene rings is 1. The Labute approximate surface area is 160 Å². The van der Waals surface area contributed by atoms with Crippen LogP contribution in [0, 0.1) is 6.92 Å². The third-order valence-corrected chi connectivity index (χ3v) is 4.29. The van der Waals surface area contributed by atoms with Gasteiger partial charge < -0.3 is 15.6 Å². The van der Waals surface area contributed by atoms with E-state index in [4.69, 9.17) is 10.5 Å². The molecule has 0 spiro atoms. The first-order valence-electron chi connectivity index (χ1n) is 8.53. The number of ether oxygens (including phenoxy) is 1. The minimum atomic E-state index is -1.01. The number of fused-ring (bicyclic) bond motifs is 1. The molecule has 3 heterocycles. The third kappa shape index (κ3) is 3.35. The van der Waals surface area contributed by atoms with E-state index in [0.717, 1.165) is 22.3 Å². The number of rotatable bonds is 5. The SMILES string of the molecule is Cc1cc2nc(N)c(OCc3cc(C(=O)O)ccc3-n3cccn3)cc2cn1. The molecule has 0 saturated carbocycles. The minimum absolute atomic E-state index is 0.104. The molecular formula is C20H17N5O3.